The molecule has 0 saturated carbocycles. The first-order valence-corrected chi connectivity index (χ1v) is 8.35. The number of nitrogens with one attached hydrogen (secondary N) is 1. The molecule has 6 nitrogen and oxygen atoms in total. The van der Waals surface area contributed by atoms with Crippen molar-refractivity contribution in [2.45, 2.75) is 13.3 Å². The lowest BCUT2D eigenvalue weighted by Crippen LogP contribution is -2.47. The third-order valence-electron chi connectivity index (χ3n) is 4.06. The smallest absolute Gasteiger partial charge is 0.272 e. The number of H-pyrrole nitrogens is 1. The number of aromatic amines is 1. The summed E-state index contributed by atoms with van der Waals surface area (Å²) >= 11 is 6.17. The maximum atomic E-state index is 13.3. The Hall–Kier alpha value is -1.99. The summed E-state index contributed by atoms with van der Waals surface area (Å²) in [6.07, 6.45) is 2.45. The van der Waals surface area contributed by atoms with Gasteiger partial charge in [0.05, 0.1) is 0 Å². The number of aromatic nitrogens is 3. The van der Waals surface area contributed by atoms with Gasteiger partial charge in [-0.2, -0.15) is 4.39 Å². The number of piperazine rings is 1. The molecule has 0 aromatic carbocycles. The first-order chi connectivity index (χ1) is 11.6. The lowest BCUT2D eigenvalue weighted by Gasteiger charge is -2.35. The highest BCUT2D eigenvalue weighted by atomic mass is 35.5. The second kappa shape index (κ2) is 7.27. The van der Waals surface area contributed by atoms with E-state index in [1.54, 1.807) is 6.07 Å². The van der Waals surface area contributed by atoms with E-state index in [0.717, 1.165) is 39.1 Å². The Kier molecular flexibility index (Phi) is 5.11. The first-order valence-electron chi connectivity index (χ1n) is 7.97. The minimum Gasteiger partial charge on any atom is -0.353 e. The van der Waals surface area contributed by atoms with Gasteiger partial charge in [-0.3, -0.25) is 9.69 Å². The zero-order chi connectivity index (χ0) is 17.1. The molecular formula is C16H19ClFN5O. The molecule has 0 aliphatic carbocycles. The van der Waals surface area contributed by atoms with Crippen LogP contribution in [0.2, 0.25) is 5.02 Å². The Balaban J connectivity index is 1.90. The fourth-order valence-corrected chi connectivity index (χ4v) is 3.05. The van der Waals surface area contributed by atoms with Gasteiger partial charge in [0.1, 0.15) is 10.8 Å². The minimum absolute atomic E-state index is 0.0669. The Morgan fingerprint density at radius 2 is 2.08 bits per heavy atom. The summed E-state index contributed by atoms with van der Waals surface area (Å²) in [5.74, 6) is 0.111. The number of halogens is 2. The highest BCUT2D eigenvalue weighted by molar-refractivity contribution is 6.32. The molecule has 1 saturated heterocycles. The van der Waals surface area contributed by atoms with Crippen LogP contribution in [0.15, 0.2) is 23.1 Å². The van der Waals surface area contributed by atoms with E-state index >= 15 is 0 Å². The highest BCUT2D eigenvalue weighted by Gasteiger charge is 2.22. The van der Waals surface area contributed by atoms with Gasteiger partial charge in [0.25, 0.3) is 5.56 Å². The summed E-state index contributed by atoms with van der Waals surface area (Å²) < 4.78 is 13.3. The first kappa shape index (κ1) is 16.9. The van der Waals surface area contributed by atoms with E-state index in [1.807, 2.05) is 4.90 Å². The summed E-state index contributed by atoms with van der Waals surface area (Å²) in [5.41, 5.74) is 0.0343. The molecule has 0 spiro atoms. The maximum Gasteiger partial charge on any atom is 0.272 e. The summed E-state index contributed by atoms with van der Waals surface area (Å²) in [5, 5.41) is 0.0669. The van der Waals surface area contributed by atoms with Gasteiger partial charge in [-0.05, 0) is 19.0 Å². The zero-order valence-corrected chi connectivity index (χ0v) is 14.2. The number of hydrogen-bond donors (Lipinski definition) is 1. The molecule has 3 rings (SSSR count). The van der Waals surface area contributed by atoms with Gasteiger partial charge in [-0.25, -0.2) is 9.97 Å². The quantitative estimate of drug-likeness (QED) is 0.855. The van der Waals surface area contributed by atoms with Crippen LogP contribution in [-0.2, 0) is 0 Å². The molecule has 3 heterocycles. The van der Waals surface area contributed by atoms with Crippen LogP contribution in [0.4, 0.5) is 10.2 Å². The predicted molar refractivity (Wildman–Crippen MR) is 92.0 cm³/mol. The third-order valence-corrected chi connectivity index (χ3v) is 4.40. The van der Waals surface area contributed by atoms with E-state index in [2.05, 4.69) is 26.8 Å². The molecule has 1 aliphatic rings. The Morgan fingerprint density at radius 3 is 2.75 bits per heavy atom. The highest BCUT2D eigenvalue weighted by Crippen LogP contribution is 2.24. The normalized spacial score (nSPS) is 15.7. The van der Waals surface area contributed by atoms with Crippen molar-refractivity contribution in [3.05, 3.63) is 39.7 Å². The number of nitrogens with zero attached hydrogens (tertiary/aromatic N) is 4. The molecule has 0 atom stereocenters. The lowest BCUT2D eigenvalue weighted by atomic mass is 10.2. The van der Waals surface area contributed by atoms with E-state index in [0.29, 0.717) is 11.4 Å². The van der Waals surface area contributed by atoms with E-state index in [4.69, 9.17) is 11.6 Å². The van der Waals surface area contributed by atoms with Gasteiger partial charge in [-0.1, -0.05) is 18.5 Å². The fraction of sp³-hybridized carbons (Fsp3) is 0.438. The molecule has 0 amide bonds. The summed E-state index contributed by atoms with van der Waals surface area (Å²) in [4.78, 5) is 27.1. The van der Waals surface area contributed by atoms with Crippen LogP contribution in [0.25, 0.3) is 11.4 Å². The number of rotatable bonds is 4. The van der Waals surface area contributed by atoms with Crippen molar-refractivity contribution < 1.29 is 4.39 Å². The van der Waals surface area contributed by atoms with E-state index < -0.39 is 11.5 Å². The maximum absolute atomic E-state index is 13.3. The van der Waals surface area contributed by atoms with E-state index in [-0.39, 0.29) is 10.8 Å². The fourth-order valence-electron chi connectivity index (χ4n) is 2.84. The standard InChI is InChI=1S/C16H19ClFN5O/c1-2-5-22-6-8-23(9-7-22)15-13(17)16(24)21-14(20-15)11-3-4-19-12(18)10-11/h3-4,10H,2,5-9H2,1H3,(H,20,21,24). The van der Waals surface area contributed by atoms with Crippen molar-refractivity contribution in [3.63, 3.8) is 0 Å². The van der Waals surface area contributed by atoms with Crippen molar-refractivity contribution in [1.82, 2.24) is 19.9 Å². The zero-order valence-electron chi connectivity index (χ0n) is 13.4. The van der Waals surface area contributed by atoms with Crippen molar-refractivity contribution >= 4 is 17.4 Å². The van der Waals surface area contributed by atoms with Crippen LogP contribution in [0.3, 0.4) is 0 Å². The third kappa shape index (κ3) is 3.57. The van der Waals surface area contributed by atoms with Crippen molar-refractivity contribution in [3.8, 4) is 11.4 Å². The summed E-state index contributed by atoms with van der Waals surface area (Å²) in [7, 11) is 0. The van der Waals surface area contributed by atoms with Crippen LogP contribution >= 0.6 is 11.6 Å². The van der Waals surface area contributed by atoms with Gasteiger partial charge < -0.3 is 9.88 Å². The van der Waals surface area contributed by atoms with Crippen LogP contribution in [0, 0.1) is 5.95 Å². The van der Waals surface area contributed by atoms with Gasteiger partial charge in [-0.15, -0.1) is 0 Å². The minimum atomic E-state index is -0.625. The van der Waals surface area contributed by atoms with Gasteiger partial charge in [0, 0.05) is 44.0 Å². The van der Waals surface area contributed by atoms with Gasteiger partial charge in [0.15, 0.2) is 5.82 Å². The summed E-state index contributed by atoms with van der Waals surface area (Å²) in [6.45, 7) is 6.52. The number of hydrogen-bond acceptors (Lipinski definition) is 5. The average molecular weight is 352 g/mol. The topological polar surface area (TPSA) is 65.1 Å². The van der Waals surface area contributed by atoms with Crippen LogP contribution in [-0.4, -0.2) is 52.6 Å². The molecule has 1 fully saturated rings. The number of pyridine rings is 1. The molecule has 1 N–H and O–H groups in total. The lowest BCUT2D eigenvalue weighted by molar-refractivity contribution is 0.258. The van der Waals surface area contributed by atoms with Gasteiger partial charge in [0.2, 0.25) is 5.95 Å². The molecule has 2 aromatic rings. The molecule has 24 heavy (non-hydrogen) atoms. The molecule has 1 aliphatic heterocycles. The average Bonchev–Trinajstić information content (AvgIpc) is 2.58. The van der Waals surface area contributed by atoms with Gasteiger partial charge >= 0.3 is 0 Å². The molecule has 0 unspecified atom stereocenters. The van der Waals surface area contributed by atoms with Crippen molar-refractivity contribution in [2.24, 2.45) is 0 Å². The largest absolute Gasteiger partial charge is 0.353 e. The molecular weight excluding hydrogens is 333 g/mol. The predicted octanol–water partition coefficient (Wildman–Crippen LogP) is 2.16. The Morgan fingerprint density at radius 1 is 1.33 bits per heavy atom. The molecule has 128 valence electrons. The Labute approximate surface area is 144 Å². The number of anilines is 1. The van der Waals surface area contributed by atoms with Crippen LogP contribution in [0.5, 0.6) is 0 Å². The van der Waals surface area contributed by atoms with Crippen LogP contribution < -0.4 is 10.5 Å². The second-order valence-electron chi connectivity index (χ2n) is 5.75. The molecule has 0 radical (unpaired) electrons. The SMILES string of the molecule is CCCN1CCN(c2nc(-c3ccnc(F)c3)[nH]c(=O)c2Cl)CC1. The van der Waals surface area contributed by atoms with Crippen molar-refractivity contribution in [1.29, 1.82) is 0 Å². The van der Waals surface area contributed by atoms with E-state index in [1.165, 1.54) is 12.3 Å². The molecule has 2 aromatic heterocycles. The monoisotopic (exact) mass is 351 g/mol. The second-order valence-corrected chi connectivity index (χ2v) is 6.13. The summed E-state index contributed by atoms with van der Waals surface area (Å²) in [6, 6.07) is 2.83. The van der Waals surface area contributed by atoms with Crippen LogP contribution in [0.1, 0.15) is 13.3 Å². The Bertz CT molecular complexity index is 773. The van der Waals surface area contributed by atoms with E-state index in [9.17, 15) is 9.18 Å². The molecule has 0 bridgehead atoms. The molecule has 8 heteroatoms. The van der Waals surface area contributed by atoms with Crippen molar-refractivity contribution in [2.75, 3.05) is 37.6 Å².